The van der Waals surface area contributed by atoms with Crippen molar-refractivity contribution >= 4 is 34.8 Å². The third-order valence-electron chi connectivity index (χ3n) is 4.32. The quantitative estimate of drug-likeness (QED) is 0.901. The average Bonchev–Trinajstić information content (AvgIpc) is 3.03. The molecule has 2 N–H and O–H groups in total. The van der Waals surface area contributed by atoms with E-state index in [0.717, 1.165) is 19.3 Å². The second-order valence-electron chi connectivity index (χ2n) is 5.29. The van der Waals surface area contributed by atoms with Gasteiger partial charge in [0.25, 0.3) is 5.91 Å². The first-order valence-corrected chi connectivity index (χ1v) is 7.60. The highest BCUT2D eigenvalue weighted by molar-refractivity contribution is 7.12. The second kappa shape index (κ2) is 4.80. The van der Waals surface area contributed by atoms with Crippen molar-refractivity contribution in [2.45, 2.75) is 25.3 Å². The van der Waals surface area contributed by atoms with Gasteiger partial charge in [0.05, 0.1) is 10.9 Å². The molecule has 4 unspecified atom stereocenters. The molecule has 0 saturated heterocycles. The summed E-state index contributed by atoms with van der Waals surface area (Å²) in [7, 11) is 0. The van der Waals surface area contributed by atoms with Crippen LogP contribution in [-0.2, 0) is 4.79 Å². The second-order valence-corrected chi connectivity index (χ2v) is 6.62. The number of carbonyl (C=O) groups excluding carboxylic acids is 1. The zero-order valence-corrected chi connectivity index (χ0v) is 11.7. The minimum absolute atomic E-state index is 0.214. The van der Waals surface area contributed by atoms with E-state index in [4.69, 9.17) is 11.6 Å². The molecule has 0 radical (unpaired) electrons. The number of thiophene rings is 1. The first kappa shape index (κ1) is 12.9. The van der Waals surface area contributed by atoms with Crippen molar-refractivity contribution in [3.8, 4) is 0 Å². The lowest BCUT2D eigenvalue weighted by molar-refractivity contribution is -0.144. The molecule has 2 aliphatic rings. The summed E-state index contributed by atoms with van der Waals surface area (Å²) in [5.41, 5.74) is 0. The van der Waals surface area contributed by atoms with Gasteiger partial charge in [-0.25, -0.2) is 0 Å². The first-order chi connectivity index (χ1) is 9.08. The number of hydrogen-bond donors (Lipinski definition) is 2. The Hall–Kier alpha value is -1.07. The van der Waals surface area contributed by atoms with E-state index < -0.39 is 11.9 Å². The van der Waals surface area contributed by atoms with Crippen molar-refractivity contribution in [1.82, 2.24) is 5.32 Å². The molecular formula is C13H14ClNO3S. The third-order valence-corrected chi connectivity index (χ3v) is 5.66. The lowest BCUT2D eigenvalue weighted by Gasteiger charge is -2.28. The largest absolute Gasteiger partial charge is 0.481 e. The number of amides is 1. The maximum Gasteiger partial charge on any atom is 0.308 e. The van der Waals surface area contributed by atoms with Gasteiger partial charge < -0.3 is 10.4 Å². The minimum Gasteiger partial charge on any atom is -0.481 e. The fourth-order valence-corrected chi connectivity index (χ4v) is 4.57. The van der Waals surface area contributed by atoms with Gasteiger partial charge in [-0.2, -0.15) is 0 Å². The molecule has 4 atom stereocenters. The van der Waals surface area contributed by atoms with Crippen molar-refractivity contribution in [2.75, 3.05) is 0 Å². The van der Waals surface area contributed by atoms with Crippen molar-refractivity contribution < 1.29 is 14.7 Å². The summed E-state index contributed by atoms with van der Waals surface area (Å²) in [5.74, 6) is -0.972. The highest BCUT2D eigenvalue weighted by Crippen LogP contribution is 2.48. The summed E-state index contributed by atoms with van der Waals surface area (Å²) in [6.07, 6.45) is 2.89. The van der Waals surface area contributed by atoms with Crippen LogP contribution in [0.25, 0.3) is 0 Å². The number of halogens is 1. The molecule has 102 valence electrons. The van der Waals surface area contributed by atoms with Crippen LogP contribution in [0.3, 0.4) is 0 Å². The molecule has 1 aromatic heterocycles. The Kier molecular flexibility index (Phi) is 3.27. The Bertz CT molecular complexity index is 530. The number of carboxylic acid groups (broad SMARTS) is 1. The molecule has 2 saturated carbocycles. The normalized spacial score (nSPS) is 32.5. The highest BCUT2D eigenvalue weighted by atomic mass is 35.5. The van der Waals surface area contributed by atoms with Crippen molar-refractivity contribution in [2.24, 2.45) is 17.8 Å². The van der Waals surface area contributed by atoms with E-state index >= 15 is 0 Å². The molecular weight excluding hydrogens is 286 g/mol. The maximum atomic E-state index is 12.1. The molecule has 1 heterocycles. The molecule has 0 spiro atoms. The third kappa shape index (κ3) is 2.15. The lowest BCUT2D eigenvalue weighted by Crippen LogP contribution is -2.46. The van der Waals surface area contributed by atoms with Crippen LogP contribution < -0.4 is 5.32 Å². The molecule has 0 aliphatic heterocycles. The zero-order valence-electron chi connectivity index (χ0n) is 10.1. The summed E-state index contributed by atoms with van der Waals surface area (Å²) in [6.45, 7) is 0. The van der Waals surface area contributed by atoms with Gasteiger partial charge in [-0.15, -0.1) is 11.3 Å². The number of rotatable bonds is 3. The molecule has 0 aromatic carbocycles. The van der Waals surface area contributed by atoms with Gasteiger partial charge in [0, 0.05) is 6.04 Å². The summed E-state index contributed by atoms with van der Waals surface area (Å²) < 4.78 is 0. The molecule has 6 heteroatoms. The van der Waals surface area contributed by atoms with Crippen molar-refractivity contribution in [3.05, 3.63) is 21.3 Å². The molecule has 2 bridgehead atoms. The highest BCUT2D eigenvalue weighted by Gasteiger charge is 2.51. The fourth-order valence-electron chi connectivity index (χ4n) is 3.53. The van der Waals surface area contributed by atoms with Gasteiger partial charge in [-0.05, 0) is 42.5 Å². The van der Waals surface area contributed by atoms with Gasteiger partial charge in [0.2, 0.25) is 0 Å². The van der Waals surface area contributed by atoms with Gasteiger partial charge >= 0.3 is 5.97 Å². The number of hydrogen-bond acceptors (Lipinski definition) is 3. The Balaban J connectivity index is 1.77. The fraction of sp³-hybridized carbons (Fsp3) is 0.538. The van der Waals surface area contributed by atoms with E-state index in [0.29, 0.717) is 15.8 Å². The van der Waals surface area contributed by atoms with Gasteiger partial charge in [0.1, 0.15) is 4.88 Å². The number of nitrogens with one attached hydrogen (secondary N) is 1. The molecule has 2 fully saturated rings. The Morgan fingerprint density at radius 1 is 1.37 bits per heavy atom. The van der Waals surface area contributed by atoms with Crippen LogP contribution in [-0.4, -0.2) is 23.0 Å². The van der Waals surface area contributed by atoms with Gasteiger partial charge in [0.15, 0.2) is 0 Å². The maximum absolute atomic E-state index is 12.1. The standard InChI is InChI=1S/C13H14ClNO3S/c14-8-3-4-19-11(8)12(16)15-10-7-2-1-6(5-7)9(10)13(17)18/h3-4,6-7,9-10H,1-2,5H2,(H,15,16)(H,17,18). The first-order valence-electron chi connectivity index (χ1n) is 6.34. The van der Waals surface area contributed by atoms with Crippen LogP contribution >= 0.6 is 22.9 Å². The zero-order chi connectivity index (χ0) is 13.6. The Morgan fingerprint density at radius 3 is 2.74 bits per heavy atom. The lowest BCUT2D eigenvalue weighted by atomic mass is 9.84. The van der Waals surface area contributed by atoms with E-state index in [1.165, 1.54) is 11.3 Å². The number of carboxylic acids is 1. The van der Waals surface area contributed by atoms with Crippen LogP contribution in [0.1, 0.15) is 28.9 Å². The summed E-state index contributed by atoms with van der Waals surface area (Å²) in [5, 5.41) is 14.4. The van der Waals surface area contributed by atoms with E-state index in [9.17, 15) is 14.7 Å². The predicted octanol–water partition coefficient (Wildman–Crippen LogP) is 2.63. The number of aliphatic carboxylic acids is 1. The molecule has 3 rings (SSSR count). The molecule has 19 heavy (non-hydrogen) atoms. The van der Waals surface area contributed by atoms with Crippen molar-refractivity contribution in [3.63, 3.8) is 0 Å². The van der Waals surface area contributed by atoms with E-state index in [1.807, 2.05) is 0 Å². The summed E-state index contributed by atoms with van der Waals surface area (Å²) in [4.78, 5) is 24.0. The van der Waals surface area contributed by atoms with Crippen LogP contribution in [0.5, 0.6) is 0 Å². The predicted molar refractivity (Wildman–Crippen MR) is 72.5 cm³/mol. The van der Waals surface area contributed by atoms with Crippen LogP contribution in [0.2, 0.25) is 5.02 Å². The Labute approximate surface area is 119 Å². The molecule has 4 nitrogen and oxygen atoms in total. The number of carbonyl (C=O) groups is 2. The smallest absolute Gasteiger partial charge is 0.308 e. The SMILES string of the molecule is O=C(NC1C2CCC(C2)C1C(=O)O)c1sccc1Cl. The average molecular weight is 300 g/mol. The van der Waals surface area contributed by atoms with E-state index in [1.54, 1.807) is 11.4 Å². The monoisotopic (exact) mass is 299 g/mol. The number of fused-ring (bicyclic) bond motifs is 2. The summed E-state index contributed by atoms with van der Waals surface area (Å²) >= 11 is 7.21. The summed E-state index contributed by atoms with van der Waals surface area (Å²) in [6, 6.07) is 1.43. The molecule has 2 aliphatic carbocycles. The van der Waals surface area contributed by atoms with E-state index in [-0.39, 0.29) is 17.9 Å². The van der Waals surface area contributed by atoms with Crippen LogP contribution in [0.4, 0.5) is 0 Å². The Morgan fingerprint density at radius 2 is 2.11 bits per heavy atom. The van der Waals surface area contributed by atoms with Crippen molar-refractivity contribution in [1.29, 1.82) is 0 Å². The van der Waals surface area contributed by atoms with Crippen LogP contribution in [0.15, 0.2) is 11.4 Å². The minimum atomic E-state index is -0.797. The van der Waals surface area contributed by atoms with E-state index in [2.05, 4.69) is 5.32 Å². The molecule has 1 aromatic rings. The van der Waals surface area contributed by atoms with Gasteiger partial charge in [-0.3, -0.25) is 9.59 Å². The van der Waals surface area contributed by atoms with Gasteiger partial charge in [-0.1, -0.05) is 11.6 Å². The molecule has 1 amide bonds. The van der Waals surface area contributed by atoms with Crippen LogP contribution in [0, 0.1) is 17.8 Å². The topological polar surface area (TPSA) is 66.4 Å².